The maximum absolute atomic E-state index is 7.89. The second kappa shape index (κ2) is 10.9. The largest absolute Gasteiger partial charge is 0.461 e. The number of benzene rings is 5. The van der Waals surface area contributed by atoms with Gasteiger partial charge in [0.05, 0.1) is 0 Å². The van der Waals surface area contributed by atoms with Crippen molar-refractivity contribution in [2.24, 2.45) is 0 Å². The topological polar surface area (TPSA) is 37.0 Å². The number of furan rings is 1. The first-order chi connectivity index (χ1) is 19.7. The van der Waals surface area contributed by atoms with Crippen LogP contribution in [0.2, 0.25) is 0 Å². The van der Waals surface area contributed by atoms with Crippen LogP contribution in [0.4, 0.5) is 0 Å². The minimum atomic E-state index is 0.786. The van der Waals surface area contributed by atoms with Crippen molar-refractivity contribution in [3.8, 4) is 33.4 Å². The molecule has 0 fully saturated rings. The van der Waals surface area contributed by atoms with Crippen LogP contribution in [0.25, 0.3) is 56.0 Å². The van der Waals surface area contributed by atoms with E-state index in [0.717, 1.165) is 44.6 Å². The molecule has 0 spiro atoms. The highest BCUT2D eigenvalue weighted by Crippen LogP contribution is 2.36. The second-order valence-electron chi connectivity index (χ2n) is 9.81. The van der Waals surface area contributed by atoms with Crippen molar-refractivity contribution in [3.63, 3.8) is 0 Å². The number of nitrogens with one attached hydrogen (secondary N) is 1. The molecular formula is C38H29NO. The lowest BCUT2D eigenvalue weighted by Crippen LogP contribution is -1.89. The Kier molecular flexibility index (Phi) is 6.82. The van der Waals surface area contributed by atoms with E-state index in [0.29, 0.717) is 0 Å². The van der Waals surface area contributed by atoms with Crippen LogP contribution in [0.1, 0.15) is 22.5 Å². The number of aryl methyl sites for hydroxylation is 1. The third kappa shape index (κ3) is 4.72. The van der Waals surface area contributed by atoms with Gasteiger partial charge in [-0.1, -0.05) is 116 Å². The Morgan fingerprint density at radius 3 is 2.02 bits per heavy atom. The van der Waals surface area contributed by atoms with Gasteiger partial charge in [0.25, 0.3) is 0 Å². The molecule has 1 N–H and O–H groups in total. The predicted octanol–water partition coefficient (Wildman–Crippen LogP) is 10.5. The van der Waals surface area contributed by atoms with Gasteiger partial charge in [0, 0.05) is 22.7 Å². The average Bonchev–Trinajstić information content (AvgIpc) is 3.35. The minimum absolute atomic E-state index is 0.786. The Morgan fingerprint density at radius 1 is 0.675 bits per heavy atom. The van der Waals surface area contributed by atoms with Crippen molar-refractivity contribution < 1.29 is 4.42 Å². The van der Waals surface area contributed by atoms with Crippen LogP contribution < -0.4 is 0 Å². The van der Waals surface area contributed by atoms with Crippen LogP contribution >= 0.6 is 0 Å². The lowest BCUT2D eigenvalue weighted by molar-refractivity contribution is 0.577. The molecule has 0 aliphatic heterocycles. The summed E-state index contributed by atoms with van der Waals surface area (Å²) in [6, 6.07) is 42.2. The lowest BCUT2D eigenvalue weighted by atomic mass is 9.91. The highest BCUT2D eigenvalue weighted by molar-refractivity contribution is 6.05. The van der Waals surface area contributed by atoms with Gasteiger partial charge in [-0.15, -0.1) is 0 Å². The molecule has 1 heterocycles. The van der Waals surface area contributed by atoms with Crippen LogP contribution in [0, 0.1) is 12.3 Å². The Bertz CT molecular complexity index is 1890. The van der Waals surface area contributed by atoms with Gasteiger partial charge < -0.3 is 9.83 Å². The number of allylic oxidation sites excluding steroid dienone is 2. The zero-order chi connectivity index (χ0) is 27.5. The highest BCUT2D eigenvalue weighted by Gasteiger charge is 2.14. The molecule has 5 aromatic carbocycles. The van der Waals surface area contributed by atoms with Crippen molar-refractivity contribution in [2.45, 2.75) is 6.92 Å². The van der Waals surface area contributed by atoms with Crippen molar-refractivity contribution in [1.82, 2.24) is 0 Å². The monoisotopic (exact) mass is 515 g/mol. The summed E-state index contributed by atoms with van der Waals surface area (Å²) < 4.78 is 6.04. The SMILES string of the molecule is C=C/C(=C\c1c(C)oc2cccc(C=N)c12)c1cccc(-c2ccccc2-c2cccc(-c3ccccc3)c2)c1. The van der Waals surface area contributed by atoms with E-state index in [9.17, 15) is 0 Å². The maximum Gasteiger partial charge on any atom is 0.135 e. The van der Waals surface area contributed by atoms with E-state index in [-0.39, 0.29) is 0 Å². The lowest BCUT2D eigenvalue weighted by Gasteiger charge is -2.13. The predicted molar refractivity (Wildman–Crippen MR) is 170 cm³/mol. The number of hydrogen-bond donors (Lipinski definition) is 1. The second-order valence-corrected chi connectivity index (χ2v) is 9.81. The molecule has 0 radical (unpaired) electrons. The standard InChI is InChI=1S/C38H29NO/c1-3-27(24-36-26(2)40-37-21-11-18-33(25-39)38(36)37)29-14-9-16-31(22-29)34-19-7-8-20-35(34)32-17-10-15-30(23-32)28-12-5-4-6-13-28/h3-25,39H,1H2,2H3/b27-24+,39-25?. The smallest absolute Gasteiger partial charge is 0.135 e. The summed E-state index contributed by atoms with van der Waals surface area (Å²) >= 11 is 0. The Balaban J connectivity index is 1.44. The highest BCUT2D eigenvalue weighted by atomic mass is 16.3. The fourth-order valence-corrected chi connectivity index (χ4v) is 5.38. The summed E-state index contributed by atoms with van der Waals surface area (Å²) in [5, 5.41) is 8.84. The molecule has 1 aromatic heterocycles. The Hall–Kier alpha value is -5.21. The molecule has 192 valence electrons. The normalized spacial score (nSPS) is 11.5. The average molecular weight is 516 g/mol. The number of hydrogen-bond acceptors (Lipinski definition) is 2. The fraction of sp³-hybridized carbons (Fsp3) is 0.0263. The van der Waals surface area contributed by atoms with Crippen LogP contribution in [0.5, 0.6) is 0 Å². The molecule has 2 heteroatoms. The first kappa shape index (κ1) is 25.1. The summed E-state index contributed by atoms with van der Waals surface area (Å²) in [4.78, 5) is 0. The molecular weight excluding hydrogens is 486 g/mol. The van der Waals surface area contributed by atoms with Gasteiger partial charge >= 0.3 is 0 Å². The summed E-state index contributed by atoms with van der Waals surface area (Å²) in [7, 11) is 0. The molecule has 6 rings (SSSR count). The molecule has 0 amide bonds. The Labute approximate surface area is 235 Å². The van der Waals surface area contributed by atoms with Crippen LogP contribution in [-0.4, -0.2) is 6.21 Å². The molecule has 0 saturated carbocycles. The molecule has 2 nitrogen and oxygen atoms in total. The van der Waals surface area contributed by atoms with Gasteiger partial charge in [-0.25, -0.2) is 0 Å². The molecule has 0 aliphatic carbocycles. The van der Waals surface area contributed by atoms with E-state index in [4.69, 9.17) is 9.83 Å². The van der Waals surface area contributed by atoms with Crippen molar-refractivity contribution in [2.75, 3.05) is 0 Å². The van der Waals surface area contributed by atoms with E-state index in [2.05, 4.69) is 110 Å². The van der Waals surface area contributed by atoms with Gasteiger partial charge in [0.2, 0.25) is 0 Å². The van der Waals surface area contributed by atoms with Crippen molar-refractivity contribution in [3.05, 3.63) is 156 Å². The zero-order valence-electron chi connectivity index (χ0n) is 22.4. The van der Waals surface area contributed by atoms with E-state index >= 15 is 0 Å². The van der Waals surface area contributed by atoms with Gasteiger partial charge in [-0.3, -0.25) is 0 Å². The number of rotatable bonds is 7. The first-order valence-corrected chi connectivity index (χ1v) is 13.4. The summed E-state index contributed by atoms with van der Waals surface area (Å²) in [5.41, 5.74) is 11.8. The number of fused-ring (bicyclic) bond motifs is 1. The third-order valence-corrected chi connectivity index (χ3v) is 7.36. The summed E-state index contributed by atoms with van der Waals surface area (Å²) in [6.45, 7) is 6.10. The van der Waals surface area contributed by atoms with Gasteiger partial charge in [-0.05, 0) is 75.7 Å². The molecule has 0 saturated heterocycles. The maximum atomic E-state index is 7.89. The van der Waals surface area contributed by atoms with E-state index in [1.165, 1.54) is 34.0 Å². The van der Waals surface area contributed by atoms with Gasteiger partial charge in [0.1, 0.15) is 11.3 Å². The van der Waals surface area contributed by atoms with Gasteiger partial charge in [0.15, 0.2) is 0 Å². The molecule has 6 aromatic rings. The van der Waals surface area contributed by atoms with Crippen molar-refractivity contribution in [1.29, 1.82) is 5.41 Å². The summed E-state index contributed by atoms with van der Waals surface area (Å²) in [6.07, 6.45) is 5.39. The van der Waals surface area contributed by atoms with Crippen LogP contribution in [0.3, 0.4) is 0 Å². The quantitative estimate of drug-likeness (QED) is 0.167. The molecule has 40 heavy (non-hydrogen) atoms. The molecule has 0 unspecified atom stereocenters. The van der Waals surface area contributed by atoms with Crippen molar-refractivity contribution >= 4 is 28.8 Å². The van der Waals surface area contributed by atoms with Crippen LogP contribution in [0.15, 0.2) is 138 Å². The van der Waals surface area contributed by atoms with Gasteiger partial charge in [-0.2, -0.15) is 0 Å². The molecule has 0 bridgehead atoms. The van der Waals surface area contributed by atoms with E-state index in [1.807, 2.05) is 37.3 Å². The zero-order valence-corrected chi connectivity index (χ0v) is 22.4. The molecule has 0 aliphatic rings. The minimum Gasteiger partial charge on any atom is -0.461 e. The van der Waals surface area contributed by atoms with E-state index < -0.39 is 0 Å². The Morgan fingerprint density at radius 2 is 1.30 bits per heavy atom. The van der Waals surface area contributed by atoms with Crippen LogP contribution in [-0.2, 0) is 0 Å². The fourth-order valence-electron chi connectivity index (χ4n) is 5.38. The third-order valence-electron chi connectivity index (χ3n) is 7.36. The first-order valence-electron chi connectivity index (χ1n) is 13.4. The summed E-state index contributed by atoms with van der Waals surface area (Å²) in [5.74, 6) is 0.823. The molecule has 0 atom stereocenters. The van der Waals surface area contributed by atoms with E-state index in [1.54, 1.807) is 0 Å².